The number of ether oxygens (including phenoxy) is 1. The minimum absolute atomic E-state index is 0.209. The first-order valence-electron chi connectivity index (χ1n) is 7.38. The molecule has 0 aliphatic rings. The number of hydrogen-bond acceptors (Lipinski definition) is 4. The summed E-state index contributed by atoms with van der Waals surface area (Å²) in [6, 6.07) is 15.6. The maximum Gasteiger partial charge on any atom is 0.340 e. The van der Waals surface area contributed by atoms with Crippen LogP contribution < -0.4 is 4.90 Å². The molecule has 5 nitrogen and oxygen atoms in total. The summed E-state index contributed by atoms with van der Waals surface area (Å²) in [6.45, 7) is 1.52. The maximum atomic E-state index is 12.4. The van der Waals surface area contributed by atoms with Gasteiger partial charge in [-0.3, -0.25) is 9.00 Å². The van der Waals surface area contributed by atoms with E-state index in [9.17, 15) is 13.8 Å². The lowest BCUT2D eigenvalue weighted by molar-refractivity contribution is -0.126. The lowest BCUT2D eigenvalue weighted by Gasteiger charge is -2.21. The van der Waals surface area contributed by atoms with Crippen molar-refractivity contribution in [3.05, 3.63) is 60.2 Å². The van der Waals surface area contributed by atoms with Gasteiger partial charge in [-0.2, -0.15) is 0 Å². The van der Waals surface area contributed by atoms with Crippen molar-refractivity contribution in [3.63, 3.8) is 0 Å². The Hall–Kier alpha value is -2.47. The van der Waals surface area contributed by atoms with Crippen LogP contribution in [0, 0.1) is 0 Å². The second kappa shape index (κ2) is 7.88. The van der Waals surface area contributed by atoms with Crippen LogP contribution in [0.5, 0.6) is 0 Å². The van der Waals surface area contributed by atoms with Gasteiger partial charge in [-0.05, 0) is 31.2 Å². The first-order chi connectivity index (χ1) is 11.4. The zero-order valence-corrected chi connectivity index (χ0v) is 14.6. The number of anilines is 1. The highest BCUT2D eigenvalue weighted by atomic mass is 32.2. The zero-order chi connectivity index (χ0) is 17.7. The van der Waals surface area contributed by atoms with E-state index in [0.29, 0.717) is 10.6 Å². The van der Waals surface area contributed by atoms with Crippen molar-refractivity contribution >= 4 is 28.4 Å². The normalized spacial score (nSPS) is 13.0. The van der Waals surface area contributed by atoms with Crippen LogP contribution in [-0.4, -0.2) is 35.5 Å². The molecule has 0 aromatic heterocycles. The summed E-state index contributed by atoms with van der Waals surface area (Å²) < 4.78 is 17.0. The van der Waals surface area contributed by atoms with Crippen LogP contribution in [0.15, 0.2) is 59.5 Å². The average Bonchev–Trinajstić information content (AvgIpc) is 2.61. The van der Waals surface area contributed by atoms with Gasteiger partial charge in [-0.25, -0.2) is 4.79 Å². The number of hydrogen-bond donors (Lipinski definition) is 0. The van der Waals surface area contributed by atoms with E-state index >= 15 is 0 Å². The van der Waals surface area contributed by atoms with Gasteiger partial charge in [0.25, 0.3) is 5.91 Å². The molecule has 6 heteroatoms. The number of esters is 1. The summed E-state index contributed by atoms with van der Waals surface area (Å²) >= 11 is 0. The highest BCUT2D eigenvalue weighted by molar-refractivity contribution is 7.84. The second-order valence-electron chi connectivity index (χ2n) is 5.23. The minimum Gasteiger partial charge on any atom is -0.449 e. The Balaban J connectivity index is 2.12. The van der Waals surface area contributed by atoms with Crippen molar-refractivity contribution in [1.29, 1.82) is 0 Å². The molecule has 0 spiro atoms. The molecule has 0 N–H and O–H groups in total. The van der Waals surface area contributed by atoms with Crippen LogP contribution >= 0.6 is 0 Å². The van der Waals surface area contributed by atoms with Gasteiger partial charge in [0.1, 0.15) is 0 Å². The van der Waals surface area contributed by atoms with Crippen LogP contribution in [-0.2, 0) is 20.3 Å². The summed E-state index contributed by atoms with van der Waals surface area (Å²) in [5.74, 6) is -1.01. The Bertz CT molecular complexity index is 761. The number of nitrogens with zero attached hydrogens (tertiary/aromatic N) is 1. The minimum atomic E-state index is -1.32. The van der Waals surface area contributed by atoms with Crippen LogP contribution in [0.25, 0.3) is 0 Å². The van der Waals surface area contributed by atoms with Gasteiger partial charge in [-0.15, -0.1) is 0 Å². The topological polar surface area (TPSA) is 63.7 Å². The van der Waals surface area contributed by atoms with E-state index < -0.39 is 22.9 Å². The molecule has 24 heavy (non-hydrogen) atoms. The summed E-state index contributed by atoms with van der Waals surface area (Å²) in [5, 5.41) is 0. The van der Waals surface area contributed by atoms with E-state index in [0.717, 1.165) is 0 Å². The lowest BCUT2D eigenvalue weighted by Crippen LogP contribution is -2.37. The van der Waals surface area contributed by atoms with Crippen molar-refractivity contribution in [1.82, 2.24) is 0 Å². The zero-order valence-electron chi connectivity index (χ0n) is 13.8. The first kappa shape index (κ1) is 17.9. The van der Waals surface area contributed by atoms with Crippen LogP contribution in [0.3, 0.4) is 0 Å². The molecule has 0 saturated heterocycles. The van der Waals surface area contributed by atoms with Gasteiger partial charge in [0.15, 0.2) is 6.10 Å². The predicted octanol–water partition coefficient (Wildman–Crippen LogP) is 2.63. The third-order valence-electron chi connectivity index (χ3n) is 3.52. The molecule has 2 aromatic rings. The number of benzene rings is 2. The number of rotatable bonds is 5. The predicted molar refractivity (Wildman–Crippen MR) is 93.5 cm³/mol. The van der Waals surface area contributed by atoms with Gasteiger partial charge in [0.2, 0.25) is 0 Å². The van der Waals surface area contributed by atoms with Crippen LogP contribution in [0.4, 0.5) is 5.69 Å². The third kappa shape index (κ3) is 4.08. The maximum absolute atomic E-state index is 12.4. The third-order valence-corrected chi connectivity index (χ3v) is 4.50. The fourth-order valence-electron chi connectivity index (χ4n) is 2.21. The molecule has 0 bridgehead atoms. The fourth-order valence-corrected chi connectivity index (χ4v) is 2.94. The summed E-state index contributed by atoms with van der Waals surface area (Å²) in [6.07, 6.45) is 0.533. The van der Waals surface area contributed by atoms with E-state index in [-0.39, 0.29) is 11.5 Å². The van der Waals surface area contributed by atoms with Gasteiger partial charge in [-0.1, -0.05) is 30.3 Å². The average molecular weight is 345 g/mol. The van der Waals surface area contributed by atoms with Gasteiger partial charge >= 0.3 is 5.97 Å². The van der Waals surface area contributed by atoms with E-state index in [1.54, 1.807) is 37.4 Å². The molecule has 0 saturated carbocycles. The lowest BCUT2D eigenvalue weighted by atomic mass is 10.2. The Morgan fingerprint density at radius 3 is 2.25 bits per heavy atom. The Labute approximate surface area is 143 Å². The molecule has 0 heterocycles. The highest BCUT2D eigenvalue weighted by Crippen LogP contribution is 2.17. The van der Waals surface area contributed by atoms with Crippen molar-refractivity contribution in [2.24, 2.45) is 0 Å². The van der Waals surface area contributed by atoms with Gasteiger partial charge < -0.3 is 9.64 Å². The number of amides is 1. The Morgan fingerprint density at radius 2 is 1.62 bits per heavy atom. The summed E-state index contributed by atoms with van der Waals surface area (Å²) in [4.78, 5) is 26.6. The monoisotopic (exact) mass is 345 g/mol. The molecule has 0 fully saturated rings. The van der Waals surface area contributed by atoms with Crippen molar-refractivity contribution < 1.29 is 18.5 Å². The van der Waals surface area contributed by atoms with E-state index in [1.807, 2.05) is 18.2 Å². The van der Waals surface area contributed by atoms with Gasteiger partial charge in [0, 0.05) is 19.0 Å². The summed E-state index contributed by atoms with van der Waals surface area (Å²) in [5.41, 5.74) is 0.917. The van der Waals surface area contributed by atoms with Gasteiger partial charge in [0.05, 0.1) is 21.3 Å². The fraction of sp³-hybridized carbons (Fsp3) is 0.222. The summed E-state index contributed by atoms with van der Waals surface area (Å²) in [7, 11) is 0.301. The molecule has 0 unspecified atom stereocenters. The van der Waals surface area contributed by atoms with E-state index in [4.69, 9.17) is 4.74 Å². The number of para-hydroxylation sites is 1. The largest absolute Gasteiger partial charge is 0.449 e. The van der Waals surface area contributed by atoms with Crippen molar-refractivity contribution in [2.45, 2.75) is 17.9 Å². The number of carbonyl (C=O) groups is 2. The Kier molecular flexibility index (Phi) is 5.87. The highest BCUT2D eigenvalue weighted by Gasteiger charge is 2.24. The molecule has 2 rings (SSSR count). The SMILES string of the molecule is C[C@@H](OC(=O)c1ccccc1[S@@](C)=O)C(=O)N(C)c1ccccc1. The van der Waals surface area contributed by atoms with Crippen LogP contribution in [0.1, 0.15) is 17.3 Å². The molecule has 1 amide bonds. The van der Waals surface area contributed by atoms with E-state index in [2.05, 4.69) is 0 Å². The molecule has 2 aromatic carbocycles. The van der Waals surface area contributed by atoms with Crippen molar-refractivity contribution in [2.75, 3.05) is 18.2 Å². The number of carbonyl (C=O) groups excluding carboxylic acids is 2. The Morgan fingerprint density at radius 1 is 1.04 bits per heavy atom. The molecular weight excluding hydrogens is 326 g/mol. The standard InChI is InChI=1S/C18H19NO4S/c1-13(17(20)19(2)14-9-5-4-6-10-14)23-18(21)15-11-7-8-12-16(15)24(3)22/h4-13H,1-3H3/t13-,24-/m1/s1. The quantitative estimate of drug-likeness (QED) is 0.782. The molecule has 0 radical (unpaired) electrons. The van der Waals surface area contributed by atoms with Crippen LogP contribution in [0.2, 0.25) is 0 Å². The number of likely N-dealkylation sites (N-methyl/N-ethyl adjacent to an activating group) is 1. The van der Waals surface area contributed by atoms with E-state index in [1.165, 1.54) is 24.1 Å². The molecule has 0 aliphatic heterocycles. The molecular formula is C18H19NO4S. The smallest absolute Gasteiger partial charge is 0.340 e. The molecule has 2 atom stereocenters. The second-order valence-corrected chi connectivity index (χ2v) is 6.58. The molecule has 0 aliphatic carbocycles. The first-order valence-corrected chi connectivity index (χ1v) is 8.93. The molecule has 126 valence electrons. The van der Waals surface area contributed by atoms with Crippen molar-refractivity contribution in [3.8, 4) is 0 Å².